The summed E-state index contributed by atoms with van der Waals surface area (Å²) in [5.74, 6) is -2.98. The first-order valence-electron chi connectivity index (χ1n) is 9.21. The Balaban J connectivity index is 0.000000438. The standard InChI is InChI=1S/C18H23N3OS.C2H2O4/c1-4-16(14-9-7-13(2)8-10-14)22-18-17(19-23-20-18)15-6-5-11-21(3)12-15;3-1(4)2(5)6/h6-10,16H,4-5,11-12H2,1-3H3;(H,3,4)(H,5,6). The Labute approximate surface area is 173 Å². The minimum atomic E-state index is -1.82. The lowest BCUT2D eigenvalue weighted by Crippen LogP contribution is -2.25. The van der Waals surface area contributed by atoms with E-state index in [0.717, 1.165) is 31.6 Å². The molecule has 0 fully saturated rings. The summed E-state index contributed by atoms with van der Waals surface area (Å²) in [6.07, 6.45) is 4.23. The maximum absolute atomic E-state index is 9.10. The van der Waals surface area contributed by atoms with Crippen molar-refractivity contribution in [1.29, 1.82) is 0 Å². The van der Waals surface area contributed by atoms with Gasteiger partial charge in [0.05, 0.1) is 11.7 Å². The zero-order valence-corrected chi connectivity index (χ0v) is 17.5. The fourth-order valence-electron chi connectivity index (χ4n) is 2.82. The lowest BCUT2D eigenvalue weighted by molar-refractivity contribution is -0.159. The van der Waals surface area contributed by atoms with Crippen LogP contribution in [-0.4, -0.2) is 55.9 Å². The average molecular weight is 420 g/mol. The fraction of sp³-hybridized carbons (Fsp3) is 0.400. The molecule has 0 radical (unpaired) electrons. The normalized spacial score (nSPS) is 14.9. The Kier molecular flexibility index (Phi) is 8.29. The summed E-state index contributed by atoms with van der Waals surface area (Å²) in [5, 5.41) is 14.8. The number of hydrogen-bond acceptors (Lipinski definition) is 7. The summed E-state index contributed by atoms with van der Waals surface area (Å²) in [6, 6.07) is 8.52. The molecule has 1 atom stereocenters. The topological polar surface area (TPSA) is 113 Å². The van der Waals surface area contributed by atoms with Crippen molar-refractivity contribution in [1.82, 2.24) is 13.6 Å². The third-order valence-electron chi connectivity index (χ3n) is 4.36. The molecule has 0 aliphatic carbocycles. The maximum Gasteiger partial charge on any atom is 0.414 e. The Morgan fingerprint density at radius 1 is 1.21 bits per heavy atom. The van der Waals surface area contributed by atoms with Gasteiger partial charge in [0, 0.05) is 13.1 Å². The molecule has 1 aliphatic heterocycles. The highest BCUT2D eigenvalue weighted by Gasteiger charge is 2.21. The van der Waals surface area contributed by atoms with Crippen LogP contribution in [0.1, 0.15) is 42.7 Å². The summed E-state index contributed by atoms with van der Waals surface area (Å²) in [7, 11) is 2.13. The van der Waals surface area contributed by atoms with Gasteiger partial charge < -0.3 is 19.8 Å². The molecule has 1 aromatic carbocycles. The quantitative estimate of drug-likeness (QED) is 0.710. The van der Waals surface area contributed by atoms with Crippen LogP contribution >= 0.6 is 11.7 Å². The minimum Gasteiger partial charge on any atom is -0.473 e. The SMILES string of the molecule is CCC(Oc1nsnc1C1=CCCN(C)C1)c1ccc(C)cc1.O=C(O)C(=O)O. The van der Waals surface area contributed by atoms with E-state index in [1.54, 1.807) is 0 Å². The predicted molar refractivity (Wildman–Crippen MR) is 110 cm³/mol. The molecular weight excluding hydrogens is 394 g/mol. The number of carbonyl (C=O) groups is 2. The molecule has 1 aliphatic rings. The van der Waals surface area contributed by atoms with Crippen molar-refractivity contribution in [3.05, 3.63) is 47.2 Å². The van der Waals surface area contributed by atoms with Gasteiger partial charge in [-0.1, -0.05) is 42.8 Å². The highest BCUT2D eigenvalue weighted by molar-refractivity contribution is 6.99. The second kappa shape index (κ2) is 10.7. The first kappa shape index (κ1) is 22.5. The number of carboxylic acid groups (broad SMARTS) is 2. The molecule has 0 spiro atoms. The van der Waals surface area contributed by atoms with Gasteiger partial charge in [0.25, 0.3) is 5.88 Å². The van der Waals surface area contributed by atoms with Gasteiger partial charge in [0.1, 0.15) is 11.8 Å². The summed E-state index contributed by atoms with van der Waals surface area (Å²) >= 11 is 1.23. The Hall–Kier alpha value is -2.78. The average Bonchev–Trinajstić information content (AvgIpc) is 3.15. The molecule has 0 saturated carbocycles. The number of likely N-dealkylation sites (N-methyl/N-ethyl adjacent to an activating group) is 1. The number of aromatic nitrogens is 2. The number of carboxylic acids is 2. The van der Waals surface area contributed by atoms with Crippen LogP contribution < -0.4 is 4.74 Å². The van der Waals surface area contributed by atoms with E-state index < -0.39 is 11.9 Å². The molecule has 156 valence electrons. The highest BCUT2D eigenvalue weighted by Crippen LogP contribution is 2.31. The number of benzene rings is 1. The minimum absolute atomic E-state index is 0.0140. The van der Waals surface area contributed by atoms with Gasteiger partial charge in [-0.2, -0.15) is 4.37 Å². The molecular formula is C20H25N3O5S. The molecule has 3 rings (SSSR count). The predicted octanol–water partition coefficient (Wildman–Crippen LogP) is 3.25. The van der Waals surface area contributed by atoms with Gasteiger partial charge in [0.2, 0.25) is 0 Å². The third-order valence-corrected chi connectivity index (χ3v) is 4.87. The molecule has 2 N–H and O–H groups in total. The van der Waals surface area contributed by atoms with Crippen LogP contribution in [0.3, 0.4) is 0 Å². The van der Waals surface area contributed by atoms with E-state index in [1.807, 2.05) is 0 Å². The number of hydrogen-bond donors (Lipinski definition) is 2. The van der Waals surface area contributed by atoms with Crippen LogP contribution in [0.15, 0.2) is 30.3 Å². The summed E-state index contributed by atoms with van der Waals surface area (Å²) < 4.78 is 15.1. The van der Waals surface area contributed by atoms with E-state index in [1.165, 1.54) is 28.4 Å². The van der Waals surface area contributed by atoms with Gasteiger partial charge in [0.15, 0.2) is 0 Å². The zero-order chi connectivity index (χ0) is 21.4. The van der Waals surface area contributed by atoms with Crippen molar-refractivity contribution < 1.29 is 24.5 Å². The largest absolute Gasteiger partial charge is 0.473 e. The number of aliphatic carboxylic acids is 2. The van der Waals surface area contributed by atoms with E-state index >= 15 is 0 Å². The van der Waals surface area contributed by atoms with Gasteiger partial charge in [-0.15, -0.1) is 4.37 Å². The van der Waals surface area contributed by atoms with E-state index in [2.05, 4.69) is 64.9 Å². The van der Waals surface area contributed by atoms with E-state index in [0.29, 0.717) is 5.88 Å². The van der Waals surface area contributed by atoms with Crippen LogP contribution in [0, 0.1) is 6.92 Å². The molecule has 0 bridgehead atoms. The number of rotatable bonds is 5. The van der Waals surface area contributed by atoms with Crippen LogP contribution in [0.2, 0.25) is 0 Å². The van der Waals surface area contributed by atoms with Gasteiger partial charge in [-0.3, -0.25) is 0 Å². The molecule has 1 aromatic heterocycles. The Morgan fingerprint density at radius 3 is 2.41 bits per heavy atom. The first-order chi connectivity index (χ1) is 13.8. The van der Waals surface area contributed by atoms with E-state index in [9.17, 15) is 0 Å². The van der Waals surface area contributed by atoms with Gasteiger partial charge in [-0.25, -0.2) is 9.59 Å². The van der Waals surface area contributed by atoms with Crippen LogP contribution in [0.5, 0.6) is 5.88 Å². The second-order valence-corrected chi connectivity index (χ2v) is 7.24. The number of aryl methyl sites for hydroxylation is 1. The van der Waals surface area contributed by atoms with Crippen LogP contribution in [0.25, 0.3) is 5.57 Å². The van der Waals surface area contributed by atoms with Crippen molar-refractivity contribution in [2.75, 3.05) is 20.1 Å². The molecule has 0 saturated heterocycles. The monoisotopic (exact) mass is 419 g/mol. The van der Waals surface area contributed by atoms with Crippen molar-refractivity contribution >= 4 is 29.2 Å². The molecule has 2 aromatic rings. The van der Waals surface area contributed by atoms with Gasteiger partial charge in [-0.05, 0) is 37.9 Å². The lowest BCUT2D eigenvalue weighted by Gasteiger charge is -2.23. The molecule has 0 amide bonds. The number of nitrogens with zero attached hydrogens (tertiary/aromatic N) is 3. The molecule has 2 heterocycles. The Bertz CT molecular complexity index is 851. The second-order valence-electron chi connectivity index (χ2n) is 6.71. The Morgan fingerprint density at radius 2 is 1.86 bits per heavy atom. The zero-order valence-electron chi connectivity index (χ0n) is 16.7. The van der Waals surface area contributed by atoms with Crippen LogP contribution in [-0.2, 0) is 9.59 Å². The summed E-state index contributed by atoms with van der Waals surface area (Å²) in [6.45, 7) is 6.24. The maximum atomic E-state index is 9.10. The highest BCUT2D eigenvalue weighted by atomic mass is 32.1. The van der Waals surface area contributed by atoms with Crippen molar-refractivity contribution in [2.45, 2.75) is 32.8 Å². The summed E-state index contributed by atoms with van der Waals surface area (Å²) in [5.41, 5.74) is 4.58. The summed E-state index contributed by atoms with van der Waals surface area (Å²) in [4.78, 5) is 20.5. The molecule has 8 nitrogen and oxygen atoms in total. The van der Waals surface area contributed by atoms with Crippen molar-refractivity contribution in [3.63, 3.8) is 0 Å². The van der Waals surface area contributed by atoms with E-state index in [-0.39, 0.29) is 6.10 Å². The number of ether oxygens (including phenoxy) is 1. The molecule has 9 heteroatoms. The van der Waals surface area contributed by atoms with E-state index in [4.69, 9.17) is 24.5 Å². The van der Waals surface area contributed by atoms with Crippen molar-refractivity contribution in [2.24, 2.45) is 0 Å². The van der Waals surface area contributed by atoms with Gasteiger partial charge >= 0.3 is 11.9 Å². The van der Waals surface area contributed by atoms with Crippen molar-refractivity contribution in [3.8, 4) is 5.88 Å². The molecule has 29 heavy (non-hydrogen) atoms. The first-order valence-corrected chi connectivity index (χ1v) is 9.94. The lowest BCUT2D eigenvalue weighted by atomic mass is 10.1. The fourth-order valence-corrected chi connectivity index (χ4v) is 3.34. The molecule has 1 unspecified atom stereocenters. The smallest absolute Gasteiger partial charge is 0.414 e. The third kappa shape index (κ3) is 6.65. The van der Waals surface area contributed by atoms with Crippen LogP contribution in [0.4, 0.5) is 0 Å².